The molecular weight excluding hydrogens is 294 g/mol. The third kappa shape index (κ3) is 4.13. The molecule has 0 spiro atoms. The van der Waals surface area contributed by atoms with E-state index in [0.717, 1.165) is 6.42 Å². The maximum absolute atomic E-state index is 4.93. The summed E-state index contributed by atoms with van der Waals surface area (Å²) in [7, 11) is 9.87. The average Bonchev–Trinajstić information content (AvgIpc) is 2.73. The van der Waals surface area contributed by atoms with Gasteiger partial charge in [-0.3, -0.25) is 0 Å². The van der Waals surface area contributed by atoms with Crippen LogP contribution in [0.3, 0.4) is 0 Å². The number of hydrogen-bond donors (Lipinski definition) is 0. The van der Waals surface area contributed by atoms with Crippen molar-refractivity contribution >= 4 is 22.6 Å². The van der Waals surface area contributed by atoms with Crippen LogP contribution in [0.5, 0.6) is 0 Å². The molecule has 0 atom stereocenters. The van der Waals surface area contributed by atoms with Gasteiger partial charge in [0.25, 0.3) is 0 Å². The maximum atomic E-state index is 4.93. The molecule has 2 rings (SSSR count). The zero-order valence-electron chi connectivity index (χ0n) is 7.58. The predicted octanol–water partition coefficient (Wildman–Crippen LogP) is 4.41. The third-order valence-corrected chi connectivity index (χ3v) is 1.88. The van der Waals surface area contributed by atoms with Crippen LogP contribution >= 0.6 is 17.0 Å². The summed E-state index contributed by atoms with van der Waals surface area (Å²) >= 11 is -0.826. The fraction of sp³-hybridized carbons (Fsp3) is 0.0909. The number of allylic oxidation sites excluding steroid dienone is 4. The van der Waals surface area contributed by atoms with Crippen molar-refractivity contribution < 1.29 is 20.8 Å². The molecule has 0 saturated heterocycles. The van der Waals surface area contributed by atoms with Gasteiger partial charge in [0, 0.05) is 0 Å². The molecule has 1 aromatic carbocycles. The quantitative estimate of drug-likeness (QED) is 0.721. The van der Waals surface area contributed by atoms with Gasteiger partial charge in [-0.15, -0.1) is 0 Å². The van der Waals surface area contributed by atoms with E-state index >= 15 is 0 Å². The molecule has 1 aromatic rings. The molecule has 0 nitrogen and oxygen atoms in total. The predicted molar refractivity (Wildman–Crippen MR) is 59.9 cm³/mol. The number of halogens is 2. The Bertz CT molecular complexity index is 317. The number of hydrogen-bond acceptors (Lipinski definition) is 0. The second kappa shape index (κ2) is 7.45. The van der Waals surface area contributed by atoms with E-state index < -0.39 is 20.8 Å². The third-order valence-electron chi connectivity index (χ3n) is 1.88. The van der Waals surface area contributed by atoms with Crippen LogP contribution in [0.4, 0.5) is 0 Å². The van der Waals surface area contributed by atoms with Gasteiger partial charge in [0.1, 0.15) is 0 Å². The summed E-state index contributed by atoms with van der Waals surface area (Å²) in [6, 6.07) is 10.5. The van der Waals surface area contributed by atoms with E-state index in [1.807, 2.05) is 6.07 Å². The topological polar surface area (TPSA) is 0 Å². The van der Waals surface area contributed by atoms with Crippen molar-refractivity contribution in [2.24, 2.45) is 0 Å². The van der Waals surface area contributed by atoms with Gasteiger partial charge in [0.05, 0.1) is 0 Å². The van der Waals surface area contributed by atoms with Gasteiger partial charge < -0.3 is 0 Å². The molecule has 0 aliphatic heterocycles. The summed E-state index contributed by atoms with van der Waals surface area (Å²) in [5.74, 6) is 0. The normalized spacial score (nSPS) is 12.9. The number of benzene rings is 1. The molecule has 0 amide bonds. The van der Waals surface area contributed by atoms with Crippen LogP contribution in [0.15, 0.2) is 48.6 Å². The van der Waals surface area contributed by atoms with Crippen LogP contribution in [-0.4, -0.2) is 0 Å². The molecule has 0 radical (unpaired) electrons. The van der Waals surface area contributed by atoms with Crippen molar-refractivity contribution in [1.29, 1.82) is 0 Å². The summed E-state index contributed by atoms with van der Waals surface area (Å²) in [5, 5.41) is 0. The second-order valence-electron chi connectivity index (χ2n) is 2.73. The first-order valence-electron chi connectivity index (χ1n) is 4.27. The van der Waals surface area contributed by atoms with Crippen LogP contribution in [0, 0.1) is 0 Å². The molecule has 0 unspecified atom stereocenters. The van der Waals surface area contributed by atoms with Gasteiger partial charge in [0.15, 0.2) is 0 Å². The molecule has 1 aliphatic carbocycles. The Balaban J connectivity index is 0.000000293. The summed E-state index contributed by atoms with van der Waals surface area (Å²) < 4.78 is 0. The van der Waals surface area contributed by atoms with Gasteiger partial charge in [0.2, 0.25) is 0 Å². The van der Waals surface area contributed by atoms with Crippen LogP contribution in [0.1, 0.15) is 12.0 Å². The fourth-order valence-electron chi connectivity index (χ4n) is 1.30. The van der Waals surface area contributed by atoms with E-state index in [1.54, 1.807) is 0 Å². The monoisotopic (exact) mass is 302 g/mol. The van der Waals surface area contributed by atoms with Crippen LogP contribution in [0.2, 0.25) is 0 Å². The SMILES string of the molecule is C1=CC(c2ccccc2)=CC1.[Cl][Zr][Cl]. The molecule has 72 valence electrons. The zero-order valence-corrected chi connectivity index (χ0v) is 11.6. The van der Waals surface area contributed by atoms with Crippen molar-refractivity contribution in [3.8, 4) is 0 Å². The molecule has 0 heterocycles. The summed E-state index contributed by atoms with van der Waals surface area (Å²) in [6.07, 6.45) is 7.69. The minimum atomic E-state index is -0.826. The average molecular weight is 304 g/mol. The van der Waals surface area contributed by atoms with Gasteiger partial charge in [-0.2, -0.15) is 0 Å². The van der Waals surface area contributed by atoms with Gasteiger partial charge in [-0.1, -0.05) is 48.6 Å². The first kappa shape index (κ1) is 12.2. The van der Waals surface area contributed by atoms with E-state index in [2.05, 4.69) is 42.5 Å². The molecule has 14 heavy (non-hydrogen) atoms. The Morgan fingerprint density at radius 2 is 1.71 bits per heavy atom. The Hall–Kier alpha value is 0.163. The van der Waals surface area contributed by atoms with Gasteiger partial charge in [-0.25, -0.2) is 0 Å². The van der Waals surface area contributed by atoms with Crippen molar-refractivity contribution in [2.75, 3.05) is 0 Å². The Morgan fingerprint density at radius 3 is 2.21 bits per heavy atom. The molecule has 0 aromatic heterocycles. The van der Waals surface area contributed by atoms with Crippen molar-refractivity contribution in [3.63, 3.8) is 0 Å². The zero-order chi connectivity index (χ0) is 10.2. The fourth-order valence-corrected chi connectivity index (χ4v) is 1.30. The van der Waals surface area contributed by atoms with Crippen molar-refractivity contribution in [2.45, 2.75) is 6.42 Å². The summed E-state index contributed by atoms with van der Waals surface area (Å²) in [4.78, 5) is 0. The van der Waals surface area contributed by atoms with Crippen molar-refractivity contribution in [3.05, 3.63) is 54.1 Å². The second-order valence-corrected chi connectivity index (χ2v) is 6.47. The Morgan fingerprint density at radius 1 is 1.07 bits per heavy atom. The number of rotatable bonds is 1. The van der Waals surface area contributed by atoms with Crippen LogP contribution in [-0.2, 0) is 20.8 Å². The first-order valence-corrected chi connectivity index (χ1v) is 10.6. The molecule has 0 bridgehead atoms. The Labute approximate surface area is 103 Å². The van der Waals surface area contributed by atoms with Crippen molar-refractivity contribution in [1.82, 2.24) is 0 Å². The molecule has 3 heteroatoms. The summed E-state index contributed by atoms with van der Waals surface area (Å²) in [6.45, 7) is 0. The molecule has 0 N–H and O–H groups in total. The van der Waals surface area contributed by atoms with E-state index in [1.165, 1.54) is 11.1 Å². The van der Waals surface area contributed by atoms with Crippen LogP contribution < -0.4 is 0 Å². The van der Waals surface area contributed by atoms with E-state index in [0.29, 0.717) is 0 Å². The summed E-state index contributed by atoms with van der Waals surface area (Å²) in [5.41, 5.74) is 2.67. The van der Waals surface area contributed by atoms with Crippen LogP contribution in [0.25, 0.3) is 5.57 Å². The van der Waals surface area contributed by atoms with Gasteiger partial charge >= 0.3 is 37.9 Å². The van der Waals surface area contributed by atoms with E-state index in [9.17, 15) is 0 Å². The van der Waals surface area contributed by atoms with E-state index in [-0.39, 0.29) is 0 Å². The Kier molecular flexibility index (Phi) is 6.51. The van der Waals surface area contributed by atoms with Gasteiger partial charge in [-0.05, 0) is 17.6 Å². The van der Waals surface area contributed by atoms with E-state index in [4.69, 9.17) is 17.0 Å². The molecule has 1 aliphatic rings. The minimum absolute atomic E-state index is 0.826. The first-order chi connectivity index (χ1) is 6.88. The molecular formula is C11H10Cl2Zr. The molecule has 0 saturated carbocycles. The standard InChI is InChI=1S/C11H10.2ClH.Zr/c1-2-6-10(7-3-1)11-8-4-5-9-11;;;/h1-4,6-9H,5H2;2*1H;/q;;;+2/p-2. The molecule has 0 fully saturated rings.